The Bertz CT molecular complexity index is 437. The first kappa shape index (κ1) is 15.8. The van der Waals surface area contributed by atoms with E-state index in [0.29, 0.717) is 5.92 Å². The van der Waals surface area contributed by atoms with Crippen molar-refractivity contribution in [3.8, 4) is 0 Å². The highest BCUT2D eigenvalue weighted by atomic mass is 35.5. The van der Waals surface area contributed by atoms with Gasteiger partial charge < -0.3 is 5.11 Å². The lowest BCUT2D eigenvalue weighted by Crippen LogP contribution is -2.37. The van der Waals surface area contributed by atoms with Gasteiger partial charge >= 0.3 is 0 Å². The predicted molar refractivity (Wildman–Crippen MR) is 82.0 cm³/mol. The molecule has 1 saturated heterocycles. The molecular formula is C15H26ClN3O. The molecule has 0 saturated carbocycles. The Morgan fingerprint density at radius 1 is 1.35 bits per heavy atom. The first-order valence-corrected chi connectivity index (χ1v) is 8.09. The minimum atomic E-state index is -0.186. The smallest absolute Gasteiger partial charge is 0.0863 e. The molecular weight excluding hydrogens is 274 g/mol. The van der Waals surface area contributed by atoms with Crippen LogP contribution >= 0.6 is 11.6 Å². The largest absolute Gasteiger partial charge is 0.393 e. The van der Waals surface area contributed by atoms with Crippen LogP contribution in [0.5, 0.6) is 0 Å². The molecule has 1 aromatic rings. The average Bonchev–Trinajstić information content (AvgIpc) is 2.76. The van der Waals surface area contributed by atoms with Crippen molar-refractivity contribution >= 4 is 11.6 Å². The van der Waals surface area contributed by atoms with Gasteiger partial charge in [0.25, 0.3) is 0 Å². The SMILES string of the molecule is CCc1nn(CC)c(CN2CCC(C(C)O)CC2)c1Cl. The predicted octanol–water partition coefficient (Wildman–Crippen LogP) is 2.71. The van der Waals surface area contributed by atoms with Gasteiger partial charge in [-0.3, -0.25) is 9.58 Å². The summed E-state index contributed by atoms with van der Waals surface area (Å²) in [6, 6.07) is 0. The molecule has 0 bridgehead atoms. The molecule has 2 heterocycles. The maximum Gasteiger partial charge on any atom is 0.0863 e. The number of aryl methyl sites for hydroxylation is 2. The fourth-order valence-electron chi connectivity index (χ4n) is 2.97. The summed E-state index contributed by atoms with van der Waals surface area (Å²) in [6.45, 7) is 9.88. The van der Waals surface area contributed by atoms with Crippen LogP contribution in [0.4, 0.5) is 0 Å². The fraction of sp³-hybridized carbons (Fsp3) is 0.800. The Labute approximate surface area is 126 Å². The van der Waals surface area contributed by atoms with Gasteiger partial charge in [0.15, 0.2) is 0 Å². The molecule has 0 amide bonds. The minimum absolute atomic E-state index is 0.186. The molecule has 20 heavy (non-hydrogen) atoms. The normalized spacial score (nSPS) is 19.4. The number of halogens is 1. The van der Waals surface area contributed by atoms with E-state index >= 15 is 0 Å². The monoisotopic (exact) mass is 299 g/mol. The highest BCUT2D eigenvalue weighted by Gasteiger charge is 2.24. The van der Waals surface area contributed by atoms with Crippen LogP contribution < -0.4 is 0 Å². The van der Waals surface area contributed by atoms with E-state index in [9.17, 15) is 5.11 Å². The molecule has 5 heteroatoms. The van der Waals surface area contributed by atoms with E-state index in [2.05, 4.69) is 23.8 Å². The summed E-state index contributed by atoms with van der Waals surface area (Å²) in [6.07, 6.45) is 2.82. The van der Waals surface area contributed by atoms with Gasteiger partial charge in [-0.1, -0.05) is 18.5 Å². The van der Waals surface area contributed by atoms with Crippen molar-refractivity contribution < 1.29 is 5.11 Å². The van der Waals surface area contributed by atoms with E-state index in [-0.39, 0.29) is 6.10 Å². The lowest BCUT2D eigenvalue weighted by Gasteiger charge is -2.33. The molecule has 2 rings (SSSR count). The van der Waals surface area contributed by atoms with Gasteiger partial charge in [0.2, 0.25) is 0 Å². The molecule has 1 N–H and O–H groups in total. The van der Waals surface area contributed by atoms with E-state index < -0.39 is 0 Å². The number of aliphatic hydroxyl groups excluding tert-OH is 1. The Morgan fingerprint density at radius 2 is 2.00 bits per heavy atom. The maximum atomic E-state index is 9.66. The third-order valence-electron chi connectivity index (χ3n) is 4.38. The quantitative estimate of drug-likeness (QED) is 0.909. The van der Waals surface area contributed by atoms with Gasteiger partial charge in [0.05, 0.1) is 22.5 Å². The summed E-state index contributed by atoms with van der Waals surface area (Å²) in [5.41, 5.74) is 2.14. The molecule has 0 aromatic carbocycles. The van der Waals surface area contributed by atoms with Crippen LogP contribution in [0, 0.1) is 5.92 Å². The average molecular weight is 300 g/mol. The lowest BCUT2D eigenvalue weighted by molar-refractivity contribution is 0.0687. The number of hydrogen-bond acceptors (Lipinski definition) is 3. The van der Waals surface area contributed by atoms with E-state index in [4.69, 9.17) is 11.6 Å². The van der Waals surface area contributed by atoms with E-state index in [1.807, 2.05) is 11.6 Å². The van der Waals surface area contributed by atoms with Crippen molar-refractivity contribution in [1.29, 1.82) is 0 Å². The number of piperidine rings is 1. The minimum Gasteiger partial charge on any atom is -0.393 e. The second-order valence-electron chi connectivity index (χ2n) is 5.73. The second-order valence-corrected chi connectivity index (χ2v) is 6.11. The fourth-order valence-corrected chi connectivity index (χ4v) is 3.30. The van der Waals surface area contributed by atoms with Gasteiger partial charge in [-0.15, -0.1) is 0 Å². The van der Waals surface area contributed by atoms with Crippen molar-refractivity contribution in [2.24, 2.45) is 5.92 Å². The van der Waals surface area contributed by atoms with Crippen LogP contribution in [-0.4, -0.2) is 39.0 Å². The van der Waals surface area contributed by atoms with Crippen molar-refractivity contribution in [2.75, 3.05) is 13.1 Å². The van der Waals surface area contributed by atoms with Crippen molar-refractivity contribution in [3.63, 3.8) is 0 Å². The Balaban J connectivity index is 2.02. The van der Waals surface area contributed by atoms with Crippen LogP contribution in [-0.2, 0) is 19.5 Å². The first-order valence-electron chi connectivity index (χ1n) is 7.71. The third-order valence-corrected chi connectivity index (χ3v) is 4.82. The summed E-state index contributed by atoms with van der Waals surface area (Å²) in [4.78, 5) is 2.42. The number of aromatic nitrogens is 2. The summed E-state index contributed by atoms with van der Waals surface area (Å²) in [7, 11) is 0. The van der Waals surface area contributed by atoms with Gasteiger partial charge in [0, 0.05) is 13.1 Å². The summed E-state index contributed by atoms with van der Waals surface area (Å²) < 4.78 is 2.03. The number of aliphatic hydroxyl groups is 1. The molecule has 1 fully saturated rings. The molecule has 4 nitrogen and oxygen atoms in total. The third kappa shape index (κ3) is 3.35. The Kier molecular flexibility index (Phi) is 5.47. The maximum absolute atomic E-state index is 9.66. The molecule has 1 aromatic heterocycles. The van der Waals surface area contributed by atoms with Crippen molar-refractivity contribution in [2.45, 2.75) is 59.2 Å². The summed E-state index contributed by atoms with van der Waals surface area (Å²) >= 11 is 6.46. The van der Waals surface area contributed by atoms with Crippen LogP contribution in [0.2, 0.25) is 5.02 Å². The molecule has 114 valence electrons. The zero-order valence-electron chi connectivity index (χ0n) is 12.8. The van der Waals surface area contributed by atoms with Gasteiger partial charge in [0.1, 0.15) is 0 Å². The van der Waals surface area contributed by atoms with E-state index in [1.54, 1.807) is 0 Å². The van der Waals surface area contributed by atoms with E-state index in [0.717, 1.165) is 61.9 Å². The van der Waals surface area contributed by atoms with Crippen LogP contribution in [0.25, 0.3) is 0 Å². The molecule has 0 radical (unpaired) electrons. The molecule has 1 aliphatic rings. The number of rotatable bonds is 5. The Morgan fingerprint density at radius 3 is 2.50 bits per heavy atom. The number of hydrogen-bond donors (Lipinski definition) is 1. The molecule has 1 unspecified atom stereocenters. The summed E-state index contributed by atoms with van der Waals surface area (Å²) in [5, 5.41) is 15.1. The molecule has 1 atom stereocenters. The number of nitrogens with zero attached hydrogens (tertiary/aromatic N) is 3. The van der Waals surface area contributed by atoms with Crippen LogP contribution in [0.1, 0.15) is 45.0 Å². The zero-order chi connectivity index (χ0) is 14.7. The second kappa shape index (κ2) is 6.92. The van der Waals surface area contributed by atoms with Crippen molar-refractivity contribution in [1.82, 2.24) is 14.7 Å². The van der Waals surface area contributed by atoms with Crippen molar-refractivity contribution in [3.05, 3.63) is 16.4 Å². The lowest BCUT2D eigenvalue weighted by atomic mass is 9.92. The Hall–Kier alpha value is -0.580. The van der Waals surface area contributed by atoms with Gasteiger partial charge in [-0.25, -0.2) is 0 Å². The number of likely N-dealkylation sites (tertiary alicyclic amines) is 1. The zero-order valence-corrected chi connectivity index (χ0v) is 13.5. The molecule has 0 spiro atoms. The van der Waals surface area contributed by atoms with Crippen LogP contribution in [0.15, 0.2) is 0 Å². The topological polar surface area (TPSA) is 41.3 Å². The van der Waals surface area contributed by atoms with Crippen LogP contribution in [0.3, 0.4) is 0 Å². The van der Waals surface area contributed by atoms with Gasteiger partial charge in [-0.2, -0.15) is 5.10 Å². The highest BCUT2D eigenvalue weighted by molar-refractivity contribution is 6.31. The standard InChI is InChI=1S/C15H26ClN3O/c1-4-13-15(16)14(19(5-2)17-13)10-18-8-6-12(7-9-18)11(3)20/h11-12,20H,4-10H2,1-3H3. The van der Waals surface area contributed by atoms with Gasteiger partial charge in [-0.05, 0) is 52.1 Å². The molecule has 1 aliphatic heterocycles. The highest BCUT2D eigenvalue weighted by Crippen LogP contribution is 2.26. The first-order chi connectivity index (χ1) is 9.56. The summed E-state index contributed by atoms with van der Waals surface area (Å²) in [5.74, 6) is 0.448. The molecule has 0 aliphatic carbocycles. The van der Waals surface area contributed by atoms with E-state index in [1.165, 1.54) is 0 Å².